The first-order valence-corrected chi connectivity index (χ1v) is 10.6. The zero-order valence-corrected chi connectivity index (χ0v) is 16.0. The van der Waals surface area contributed by atoms with Crippen LogP contribution in [0.5, 0.6) is 0 Å². The van der Waals surface area contributed by atoms with E-state index in [-0.39, 0.29) is 4.90 Å². The summed E-state index contributed by atoms with van der Waals surface area (Å²) in [5, 5.41) is 13.8. The molecule has 0 unspecified atom stereocenters. The van der Waals surface area contributed by atoms with Crippen molar-refractivity contribution >= 4 is 47.3 Å². The van der Waals surface area contributed by atoms with Crippen molar-refractivity contribution in [3.05, 3.63) is 40.3 Å². The molecule has 0 saturated carbocycles. The zero-order chi connectivity index (χ0) is 17.6. The number of halogens is 1. The molecule has 4 rings (SSSR count). The number of H-pyrrole nitrogens is 1. The number of rotatable bonds is 3. The molecular formula is C15H10BrN5O2S2. The van der Waals surface area contributed by atoms with Crippen molar-refractivity contribution in [1.82, 2.24) is 25.6 Å². The van der Waals surface area contributed by atoms with Gasteiger partial charge < -0.3 is 0 Å². The van der Waals surface area contributed by atoms with E-state index in [0.717, 1.165) is 19.7 Å². The summed E-state index contributed by atoms with van der Waals surface area (Å²) in [7, 11) is -3.48. The second-order valence-corrected chi connectivity index (χ2v) is 9.61. The Kier molecular flexibility index (Phi) is 3.89. The molecule has 0 bridgehead atoms. The Morgan fingerprint density at radius 3 is 2.60 bits per heavy atom. The molecule has 1 N–H and O–H groups in total. The van der Waals surface area contributed by atoms with Gasteiger partial charge in [-0.2, -0.15) is 0 Å². The average Bonchev–Trinajstić information content (AvgIpc) is 3.21. The first-order chi connectivity index (χ1) is 11.9. The smallest absolute Gasteiger partial charge is 0.181 e. The van der Waals surface area contributed by atoms with E-state index < -0.39 is 9.84 Å². The molecule has 0 saturated heterocycles. The molecule has 0 atom stereocenters. The molecule has 0 amide bonds. The van der Waals surface area contributed by atoms with Crippen molar-refractivity contribution in [2.24, 2.45) is 0 Å². The third-order valence-electron chi connectivity index (χ3n) is 3.69. The van der Waals surface area contributed by atoms with Gasteiger partial charge in [-0.15, -0.1) is 16.4 Å². The highest BCUT2D eigenvalue weighted by atomic mass is 79.9. The Bertz CT molecular complexity index is 1190. The second-order valence-electron chi connectivity index (χ2n) is 5.32. The Morgan fingerprint density at radius 2 is 1.88 bits per heavy atom. The summed E-state index contributed by atoms with van der Waals surface area (Å²) >= 11 is 4.92. The number of fused-ring (bicyclic) bond motifs is 1. The summed E-state index contributed by atoms with van der Waals surface area (Å²) in [5.41, 5.74) is 2.74. The van der Waals surface area contributed by atoms with Crippen LogP contribution >= 0.6 is 27.3 Å². The monoisotopic (exact) mass is 435 g/mol. The number of thiazole rings is 1. The first kappa shape index (κ1) is 16.3. The van der Waals surface area contributed by atoms with Gasteiger partial charge in [-0.05, 0) is 44.1 Å². The number of nitrogens with zero attached hydrogens (tertiary/aromatic N) is 4. The molecule has 2 aromatic carbocycles. The van der Waals surface area contributed by atoms with Crippen LogP contribution in [-0.2, 0) is 9.84 Å². The van der Waals surface area contributed by atoms with Gasteiger partial charge in [0, 0.05) is 17.4 Å². The summed E-state index contributed by atoms with van der Waals surface area (Å²) in [6.45, 7) is 0. The molecule has 0 fully saturated rings. The molecule has 0 spiro atoms. The lowest BCUT2D eigenvalue weighted by atomic mass is 9.98. The largest absolute Gasteiger partial charge is 0.239 e. The average molecular weight is 436 g/mol. The van der Waals surface area contributed by atoms with Crippen molar-refractivity contribution in [3.63, 3.8) is 0 Å². The maximum Gasteiger partial charge on any atom is 0.181 e. The number of hydrogen-bond donors (Lipinski definition) is 1. The predicted molar refractivity (Wildman–Crippen MR) is 99.0 cm³/mol. The molecule has 0 radical (unpaired) electrons. The highest BCUT2D eigenvalue weighted by Gasteiger charge is 2.22. The molecule has 4 aromatic rings. The third-order valence-corrected chi connectivity index (χ3v) is 6.30. The molecule has 25 heavy (non-hydrogen) atoms. The van der Waals surface area contributed by atoms with Crippen LogP contribution < -0.4 is 0 Å². The van der Waals surface area contributed by atoms with Crippen LogP contribution in [0.3, 0.4) is 0 Å². The van der Waals surface area contributed by atoms with E-state index in [9.17, 15) is 8.42 Å². The number of tetrazole rings is 1. The van der Waals surface area contributed by atoms with Crippen LogP contribution in [0.25, 0.3) is 32.7 Å². The summed E-state index contributed by atoms with van der Waals surface area (Å²) < 4.78 is 26.4. The number of aromatic nitrogens is 5. The van der Waals surface area contributed by atoms with E-state index in [4.69, 9.17) is 0 Å². The van der Waals surface area contributed by atoms with Gasteiger partial charge in [0.25, 0.3) is 0 Å². The number of benzene rings is 2. The molecule has 0 aliphatic rings. The van der Waals surface area contributed by atoms with Crippen molar-refractivity contribution in [2.45, 2.75) is 4.90 Å². The highest BCUT2D eigenvalue weighted by Crippen LogP contribution is 2.39. The van der Waals surface area contributed by atoms with E-state index in [1.165, 1.54) is 17.6 Å². The topological polar surface area (TPSA) is 101 Å². The Labute approximate surface area is 155 Å². The van der Waals surface area contributed by atoms with Crippen molar-refractivity contribution < 1.29 is 8.42 Å². The number of para-hydroxylation sites is 1. The van der Waals surface area contributed by atoms with Gasteiger partial charge in [0.2, 0.25) is 0 Å². The zero-order valence-electron chi connectivity index (χ0n) is 12.8. The van der Waals surface area contributed by atoms with Gasteiger partial charge in [0.05, 0.1) is 15.1 Å². The predicted octanol–water partition coefficient (Wildman–Crippen LogP) is 3.31. The summed E-state index contributed by atoms with van der Waals surface area (Å²) in [6, 6.07) is 10.9. The van der Waals surface area contributed by atoms with E-state index in [1.54, 1.807) is 12.1 Å². The molecule has 126 valence electrons. The van der Waals surface area contributed by atoms with Crippen molar-refractivity contribution in [1.29, 1.82) is 0 Å². The number of nitrogens with one attached hydrogen (secondary N) is 1. The van der Waals surface area contributed by atoms with Gasteiger partial charge in [-0.25, -0.2) is 18.5 Å². The van der Waals surface area contributed by atoms with Gasteiger partial charge in [-0.3, -0.25) is 0 Å². The van der Waals surface area contributed by atoms with E-state index in [0.29, 0.717) is 17.0 Å². The molecule has 0 aliphatic carbocycles. The second kappa shape index (κ2) is 5.97. The number of aromatic amines is 1. The van der Waals surface area contributed by atoms with E-state index in [1.807, 2.05) is 24.3 Å². The molecule has 2 aromatic heterocycles. The van der Waals surface area contributed by atoms with E-state index in [2.05, 4.69) is 41.5 Å². The molecule has 0 aliphatic heterocycles. The van der Waals surface area contributed by atoms with Gasteiger partial charge in [-0.1, -0.05) is 24.3 Å². The summed E-state index contributed by atoms with van der Waals surface area (Å²) in [6.07, 6.45) is 1.17. The Morgan fingerprint density at radius 1 is 1.12 bits per heavy atom. The minimum Gasteiger partial charge on any atom is -0.239 e. The van der Waals surface area contributed by atoms with E-state index >= 15 is 0 Å². The Hall–Kier alpha value is -2.17. The highest BCUT2D eigenvalue weighted by molar-refractivity contribution is 9.11. The van der Waals surface area contributed by atoms with Gasteiger partial charge >= 0.3 is 0 Å². The SMILES string of the molecule is CS(=O)(=O)c1cccc(-c2cccc3sc(Br)nc23)c1-c1nnn[nH]1. The lowest BCUT2D eigenvalue weighted by molar-refractivity contribution is 0.602. The van der Waals surface area contributed by atoms with Crippen LogP contribution in [0.15, 0.2) is 45.2 Å². The van der Waals surface area contributed by atoms with Gasteiger partial charge in [0.15, 0.2) is 19.6 Å². The fraction of sp³-hybridized carbons (Fsp3) is 0.0667. The lowest BCUT2D eigenvalue weighted by Crippen LogP contribution is -2.02. The molecule has 10 heteroatoms. The fourth-order valence-corrected chi connectivity index (χ4v) is 5.03. The van der Waals surface area contributed by atoms with Crippen LogP contribution in [0.2, 0.25) is 0 Å². The van der Waals surface area contributed by atoms with Crippen molar-refractivity contribution in [2.75, 3.05) is 6.26 Å². The summed E-state index contributed by atoms with van der Waals surface area (Å²) in [4.78, 5) is 4.69. The fourth-order valence-electron chi connectivity index (χ4n) is 2.71. The number of sulfone groups is 1. The van der Waals surface area contributed by atoms with Gasteiger partial charge in [0.1, 0.15) is 0 Å². The number of hydrogen-bond acceptors (Lipinski definition) is 7. The third kappa shape index (κ3) is 2.86. The molecule has 7 nitrogen and oxygen atoms in total. The standard InChI is InChI=1S/C15H10BrN5O2S2/c1-25(22,23)11-7-3-4-8(12(11)14-18-20-21-19-14)9-5-2-6-10-13(9)17-15(16)24-10/h2-7H,1H3,(H,18,19,20,21). The molecule has 2 heterocycles. The maximum atomic E-state index is 12.3. The minimum absolute atomic E-state index is 0.162. The molecular weight excluding hydrogens is 426 g/mol. The lowest BCUT2D eigenvalue weighted by Gasteiger charge is -2.12. The summed E-state index contributed by atoms with van der Waals surface area (Å²) in [5.74, 6) is 0.294. The Balaban J connectivity index is 2.12. The first-order valence-electron chi connectivity index (χ1n) is 7.08. The normalized spacial score (nSPS) is 11.9. The van der Waals surface area contributed by atoms with Crippen LogP contribution in [0.1, 0.15) is 0 Å². The quantitative estimate of drug-likeness (QED) is 0.529. The minimum atomic E-state index is -3.48. The van der Waals surface area contributed by atoms with Crippen LogP contribution in [0.4, 0.5) is 0 Å². The van der Waals surface area contributed by atoms with Crippen LogP contribution in [-0.4, -0.2) is 40.3 Å². The van der Waals surface area contributed by atoms with Crippen molar-refractivity contribution in [3.8, 4) is 22.5 Å². The van der Waals surface area contributed by atoms with Crippen LogP contribution in [0, 0.1) is 0 Å². The maximum absolute atomic E-state index is 12.3.